The molecule has 2 atom stereocenters. The fraction of sp³-hybridized carbons (Fsp3) is 0.789. The molecule has 0 heterocycles. The van der Waals surface area contributed by atoms with E-state index in [1.165, 1.54) is 5.75 Å². The predicted octanol–water partition coefficient (Wildman–Crippen LogP) is 5.24. The molecule has 0 fully saturated rings. The number of aliphatic hydroxyl groups excluding tert-OH is 1. The van der Waals surface area contributed by atoms with Gasteiger partial charge < -0.3 is 9.94 Å². The first kappa shape index (κ1) is 22.4. The fourth-order valence-corrected chi connectivity index (χ4v) is 5.01. The minimum absolute atomic E-state index is 0.0133. The van der Waals surface area contributed by atoms with Crippen molar-refractivity contribution in [3.63, 3.8) is 0 Å². The van der Waals surface area contributed by atoms with E-state index in [9.17, 15) is 9.90 Å². The molecule has 0 aromatic carbocycles. The van der Waals surface area contributed by atoms with E-state index in [0.29, 0.717) is 42.4 Å². The van der Waals surface area contributed by atoms with Crippen molar-refractivity contribution in [2.24, 2.45) is 11.1 Å². The van der Waals surface area contributed by atoms with Gasteiger partial charge in [0.05, 0.1) is 11.3 Å². The summed E-state index contributed by atoms with van der Waals surface area (Å²) in [5.74, 6) is 3.93. The third kappa shape index (κ3) is 8.07. The average Bonchev–Trinajstić information content (AvgIpc) is 2.56. The zero-order chi connectivity index (χ0) is 18.7. The van der Waals surface area contributed by atoms with Crippen molar-refractivity contribution in [1.82, 2.24) is 0 Å². The fourth-order valence-electron chi connectivity index (χ4n) is 3.05. The van der Waals surface area contributed by atoms with Gasteiger partial charge in [-0.1, -0.05) is 32.3 Å². The van der Waals surface area contributed by atoms with Gasteiger partial charge in [0, 0.05) is 29.6 Å². The van der Waals surface area contributed by atoms with Crippen LogP contribution in [0.15, 0.2) is 16.5 Å². The van der Waals surface area contributed by atoms with Crippen LogP contribution in [0.4, 0.5) is 0 Å². The molecular weight excluding hydrogens is 354 g/mol. The van der Waals surface area contributed by atoms with Crippen LogP contribution in [0, 0.1) is 5.92 Å². The second-order valence-corrected chi connectivity index (χ2v) is 9.28. The van der Waals surface area contributed by atoms with E-state index in [4.69, 9.17) is 4.84 Å². The van der Waals surface area contributed by atoms with Gasteiger partial charge in [-0.15, -0.1) is 0 Å². The molecule has 1 rings (SSSR count). The van der Waals surface area contributed by atoms with E-state index in [0.717, 1.165) is 24.3 Å². The third-order valence-electron chi connectivity index (χ3n) is 4.10. The van der Waals surface area contributed by atoms with Crippen LogP contribution in [0.1, 0.15) is 59.8 Å². The largest absolute Gasteiger partial charge is 0.511 e. The van der Waals surface area contributed by atoms with Crippen molar-refractivity contribution in [2.45, 2.75) is 65.0 Å². The number of allylic oxidation sites excluding steroid dienone is 2. The summed E-state index contributed by atoms with van der Waals surface area (Å²) >= 11 is 3.93. The van der Waals surface area contributed by atoms with Crippen molar-refractivity contribution in [3.05, 3.63) is 11.3 Å². The van der Waals surface area contributed by atoms with Gasteiger partial charge in [-0.3, -0.25) is 4.79 Å². The molecule has 25 heavy (non-hydrogen) atoms. The van der Waals surface area contributed by atoms with Crippen molar-refractivity contribution >= 4 is 35.0 Å². The highest BCUT2D eigenvalue weighted by Gasteiger charge is 2.31. The highest BCUT2D eigenvalue weighted by Crippen LogP contribution is 2.33. The summed E-state index contributed by atoms with van der Waals surface area (Å²) in [6.07, 6.45) is 3.56. The van der Waals surface area contributed by atoms with Gasteiger partial charge in [0.25, 0.3) is 0 Å². The summed E-state index contributed by atoms with van der Waals surface area (Å²) < 4.78 is 0. The van der Waals surface area contributed by atoms with Gasteiger partial charge in [-0.05, 0) is 31.4 Å². The lowest BCUT2D eigenvalue weighted by Crippen LogP contribution is -2.26. The second kappa shape index (κ2) is 12.7. The molecule has 1 aliphatic carbocycles. The maximum absolute atomic E-state index is 12.6. The standard InChI is InChI=1S/C19H33NO3S2/c1-5-8-16(20-23-6-2)19-17(21)12-15(13-18(19)22)11-14(4)25-10-9-24-7-3/h14-15,21H,5-13H2,1-4H3. The molecule has 4 nitrogen and oxygen atoms in total. The van der Waals surface area contributed by atoms with Crippen molar-refractivity contribution in [3.8, 4) is 0 Å². The summed E-state index contributed by atoms with van der Waals surface area (Å²) in [6, 6.07) is 0. The maximum atomic E-state index is 12.6. The Labute approximate surface area is 161 Å². The minimum Gasteiger partial charge on any atom is -0.511 e. The number of carbonyl (C=O) groups is 1. The van der Waals surface area contributed by atoms with E-state index < -0.39 is 0 Å². The zero-order valence-electron chi connectivity index (χ0n) is 16.0. The van der Waals surface area contributed by atoms with Crippen LogP contribution in [0.3, 0.4) is 0 Å². The molecule has 0 aromatic rings. The van der Waals surface area contributed by atoms with Crippen LogP contribution >= 0.6 is 23.5 Å². The molecule has 0 aromatic heterocycles. The van der Waals surface area contributed by atoms with Gasteiger partial charge in [0.1, 0.15) is 12.4 Å². The lowest BCUT2D eigenvalue weighted by Gasteiger charge is -2.26. The number of nitrogens with zero attached hydrogens (tertiary/aromatic N) is 1. The third-order valence-corrected chi connectivity index (χ3v) is 6.46. The van der Waals surface area contributed by atoms with E-state index in [-0.39, 0.29) is 17.5 Å². The molecule has 0 saturated heterocycles. The van der Waals surface area contributed by atoms with Crippen LogP contribution in [-0.4, -0.2) is 45.7 Å². The lowest BCUT2D eigenvalue weighted by atomic mass is 9.82. The number of hydrogen-bond acceptors (Lipinski definition) is 6. The lowest BCUT2D eigenvalue weighted by molar-refractivity contribution is -0.116. The van der Waals surface area contributed by atoms with E-state index in [1.807, 2.05) is 37.4 Å². The van der Waals surface area contributed by atoms with Gasteiger partial charge in [0.2, 0.25) is 0 Å². The van der Waals surface area contributed by atoms with E-state index in [1.54, 1.807) is 0 Å². The quantitative estimate of drug-likeness (QED) is 0.282. The number of carbonyl (C=O) groups excluding carboxylic acids is 1. The Bertz CT molecular complexity index is 477. The molecule has 144 valence electrons. The molecule has 2 unspecified atom stereocenters. The first-order valence-electron chi connectivity index (χ1n) is 9.37. The van der Waals surface area contributed by atoms with Crippen LogP contribution in [-0.2, 0) is 9.63 Å². The predicted molar refractivity (Wildman–Crippen MR) is 111 cm³/mol. The topological polar surface area (TPSA) is 58.9 Å². The Kier molecular flexibility index (Phi) is 11.4. The van der Waals surface area contributed by atoms with Crippen molar-refractivity contribution < 1.29 is 14.7 Å². The minimum atomic E-state index is 0.0133. The normalized spacial score (nSPS) is 20.1. The monoisotopic (exact) mass is 387 g/mol. The molecule has 1 aliphatic rings. The summed E-state index contributed by atoms with van der Waals surface area (Å²) in [6.45, 7) is 8.76. The molecule has 0 radical (unpaired) electrons. The molecule has 0 amide bonds. The Morgan fingerprint density at radius 3 is 2.68 bits per heavy atom. The number of ketones is 1. The number of oxime groups is 1. The number of thioether (sulfide) groups is 2. The highest BCUT2D eigenvalue weighted by molar-refractivity contribution is 8.03. The average molecular weight is 388 g/mol. The van der Waals surface area contributed by atoms with Crippen LogP contribution < -0.4 is 0 Å². The first-order chi connectivity index (χ1) is 12.0. The smallest absolute Gasteiger partial charge is 0.168 e. The summed E-state index contributed by atoms with van der Waals surface area (Å²) in [4.78, 5) is 17.7. The first-order valence-corrected chi connectivity index (χ1v) is 11.6. The molecule has 6 heteroatoms. The Morgan fingerprint density at radius 1 is 1.32 bits per heavy atom. The number of hydrogen-bond donors (Lipinski definition) is 1. The Balaban J connectivity index is 2.66. The van der Waals surface area contributed by atoms with Crippen LogP contribution in [0.5, 0.6) is 0 Å². The molecule has 0 saturated carbocycles. The zero-order valence-corrected chi connectivity index (χ0v) is 17.7. The Hall–Kier alpha value is -0.620. The van der Waals surface area contributed by atoms with Gasteiger partial charge >= 0.3 is 0 Å². The van der Waals surface area contributed by atoms with Gasteiger partial charge in [-0.2, -0.15) is 23.5 Å². The second-order valence-electron chi connectivity index (χ2n) is 6.34. The SMILES string of the molecule is CCCC(=NOCC)C1=C(O)CC(CC(C)SCCSCC)CC1=O. The molecule has 0 bridgehead atoms. The molecule has 1 N–H and O–H groups in total. The Morgan fingerprint density at radius 2 is 2.08 bits per heavy atom. The van der Waals surface area contributed by atoms with Crippen molar-refractivity contribution in [1.29, 1.82) is 0 Å². The van der Waals surface area contributed by atoms with Gasteiger partial charge in [0.15, 0.2) is 5.78 Å². The summed E-state index contributed by atoms with van der Waals surface area (Å²) in [5, 5.41) is 15.1. The number of aliphatic hydroxyl groups is 1. The maximum Gasteiger partial charge on any atom is 0.168 e. The van der Waals surface area contributed by atoms with Gasteiger partial charge in [-0.25, -0.2) is 0 Å². The van der Waals surface area contributed by atoms with Crippen LogP contribution in [0.2, 0.25) is 0 Å². The van der Waals surface area contributed by atoms with E-state index in [2.05, 4.69) is 19.0 Å². The summed E-state index contributed by atoms with van der Waals surface area (Å²) in [7, 11) is 0. The van der Waals surface area contributed by atoms with E-state index >= 15 is 0 Å². The number of rotatable bonds is 12. The highest BCUT2D eigenvalue weighted by atomic mass is 32.2. The molecule has 0 spiro atoms. The summed E-state index contributed by atoms with van der Waals surface area (Å²) in [5.41, 5.74) is 1.01. The molecule has 0 aliphatic heterocycles. The van der Waals surface area contributed by atoms with Crippen LogP contribution in [0.25, 0.3) is 0 Å². The van der Waals surface area contributed by atoms with Crippen molar-refractivity contribution in [2.75, 3.05) is 23.9 Å². The number of Topliss-reactive ketones (excluding diaryl/α,β-unsaturated/α-hetero) is 1. The molecular formula is C19H33NO3S2.